The minimum absolute atomic E-state index is 0.125. The van der Waals surface area contributed by atoms with Crippen LogP contribution in [0.2, 0.25) is 5.02 Å². The lowest BCUT2D eigenvalue weighted by Crippen LogP contribution is -2.15. The zero-order valence-electron chi connectivity index (χ0n) is 12.6. The molecule has 2 aromatic rings. The second-order valence-electron chi connectivity index (χ2n) is 5.35. The molecule has 110 valence electrons. The maximum absolute atomic E-state index is 12.4. The Hall–Kier alpha value is -1.80. The van der Waals surface area contributed by atoms with E-state index in [9.17, 15) is 4.79 Å². The van der Waals surface area contributed by atoms with Gasteiger partial charge in [-0.25, -0.2) is 0 Å². The first-order valence-electron chi connectivity index (χ1n) is 7.21. The number of anilines is 1. The molecule has 2 rings (SSSR count). The van der Waals surface area contributed by atoms with Gasteiger partial charge in [0.1, 0.15) is 0 Å². The molecule has 1 amide bonds. The lowest BCUT2D eigenvalue weighted by Gasteiger charge is -2.17. The standard InChI is InChI=1S/C18H20ClNO/c1-4-13-7-6-10-16(12(2)3)17(13)20-18(21)14-8-5-9-15(19)11-14/h5-12H,4H2,1-3H3,(H,20,21). The summed E-state index contributed by atoms with van der Waals surface area (Å²) in [6, 6.07) is 13.2. The molecule has 0 fully saturated rings. The summed E-state index contributed by atoms with van der Waals surface area (Å²) >= 11 is 5.95. The topological polar surface area (TPSA) is 29.1 Å². The van der Waals surface area contributed by atoms with Crippen LogP contribution in [0.5, 0.6) is 0 Å². The first-order chi connectivity index (χ1) is 10.0. The molecular formula is C18H20ClNO. The Kier molecular flexibility index (Phi) is 5.03. The fourth-order valence-corrected chi connectivity index (χ4v) is 2.55. The van der Waals surface area contributed by atoms with E-state index >= 15 is 0 Å². The fourth-order valence-electron chi connectivity index (χ4n) is 2.36. The van der Waals surface area contributed by atoms with Gasteiger partial charge in [-0.1, -0.05) is 56.6 Å². The van der Waals surface area contributed by atoms with Gasteiger partial charge in [0.25, 0.3) is 5.91 Å². The number of rotatable bonds is 4. The molecule has 0 heterocycles. The molecule has 0 aliphatic carbocycles. The van der Waals surface area contributed by atoms with Crippen LogP contribution in [0.4, 0.5) is 5.69 Å². The van der Waals surface area contributed by atoms with E-state index in [1.807, 2.05) is 6.07 Å². The van der Waals surface area contributed by atoms with Gasteiger partial charge in [-0.2, -0.15) is 0 Å². The van der Waals surface area contributed by atoms with Crippen LogP contribution in [0.25, 0.3) is 0 Å². The van der Waals surface area contributed by atoms with E-state index in [1.54, 1.807) is 24.3 Å². The number of hydrogen-bond donors (Lipinski definition) is 1. The van der Waals surface area contributed by atoms with Gasteiger partial charge in [0.15, 0.2) is 0 Å². The third-order valence-electron chi connectivity index (χ3n) is 3.51. The summed E-state index contributed by atoms with van der Waals surface area (Å²) < 4.78 is 0. The van der Waals surface area contributed by atoms with Gasteiger partial charge in [0.2, 0.25) is 0 Å². The van der Waals surface area contributed by atoms with Crippen LogP contribution in [0.3, 0.4) is 0 Å². The minimum Gasteiger partial charge on any atom is -0.321 e. The Balaban J connectivity index is 2.36. The summed E-state index contributed by atoms with van der Waals surface area (Å²) in [5, 5.41) is 3.62. The highest BCUT2D eigenvalue weighted by atomic mass is 35.5. The minimum atomic E-state index is -0.125. The van der Waals surface area contributed by atoms with E-state index in [1.165, 1.54) is 0 Å². The second kappa shape index (κ2) is 6.77. The number of benzene rings is 2. The Morgan fingerprint density at radius 3 is 2.52 bits per heavy atom. The molecule has 0 saturated carbocycles. The summed E-state index contributed by atoms with van der Waals surface area (Å²) in [5.41, 5.74) is 3.81. The predicted octanol–water partition coefficient (Wildman–Crippen LogP) is 5.28. The first kappa shape index (κ1) is 15.6. The lowest BCUT2D eigenvalue weighted by atomic mass is 9.96. The van der Waals surface area contributed by atoms with Gasteiger partial charge in [-0.05, 0) is 41.7 Å². The molecule has 0 unspecified atom stereocenters. The molecule has 2 nitrogen and oxygen atoms in total. The zero-order chi connectivity index (χ0) is 15.4. The maximum atomic E-state index is 12.4. The molecule has 0 spiro atoms. The maximum Gasteiger partial charge on any atom is 0.255 e. The Labute approximate surface area is 131 Å². The van der Waals surface area contributed by atoms with Gasteiger partial charge < -0.3 is 5.32 Å². The van der Waals surface area contributed by atoms with Gasteiger partial charge >= 0.3 is 0 Å². The average Bonchev–Trinajstić information content (AvgIpc) is 2.47. The van der Waals surface area contributed by atoms with Crippen LogP contribution in [0.1, 0.15) is 48.2 Å². The number of halogens is 1. The summed E-state index contributed by atoms with van der Waals surface area (Å²) in [6.45, 7) is 6.35. The molecular weight excluding hydrogens is 282 g/mol. The predicted molar refractivity (Wildman–Crippen MR) is 89.3 cm³/mol. The molecule has 0 saturated heterocycles. The van der Waals surface area contributed by atoms with Crippen molar-refractivity contribution in [2.24, 2.45) is 0 Å². The van der Waals surface area contributed by atoms with Crippen molar-refractivity contribution in [2.75, 3.05) is 5.32 Å². The molecule has 0 bridgehead atoms. The molecule has 0 radical (unpaired) electrons. The Morgan fingerprint density at radius 1 is 1.19 bits per heavy atom. The van der Waals surface area contributed by atoms with Crippen molar-refractivity contribution in [3.8, 4) is 0 Å². The van der Waals surface area contributed by atoms with Gasteiger partial charge in [-0.15, -0.1) is 0 Å². The summed E-state index contributed by atoms with van der Waals surface area (Å²) in [4.78, 5) is 12.4. The SMILES string of the molecule is CCc1cccc(C(C)C)c1NC(=O)c1cccc(Cl)c1. The highest BCUT2D eigenvalue weighted by Gasteiger charge is 2.14. The van der Waals surface area contributed by atoms with Crippen LogP contribution >= 0.6 is 11.6 Å². The number of hydrogen-bond acceptors (Lipinski definition) is 1. The molecule has 0 aromatic heterocycles. The second-order valence-corrected chi connectivity index (χ2v) is 5.79. The van der Waals surface area contributed by atoms with Crippen molar-refractivity contribution in [2.45, 2.75) is 33.1 Å². The Bertz CT molecular complexity index is 649. The van der Waals surface area contributed by atoms with Gasteiger partial charge in [0.05, 0.1) is 0 Å². The third kappa shape index (κ3) is 3.64. The van der Waals surface area contributed by atoms with E-state index < -0.39 is 0 Å². The normalized spacial score (nSPS) is 10.7. The van der Waals surface area contributed by atoms with Gasteiger partial charge in [0, 0.05) is 16.3 Å². The van der Waals surface area contributed by atoms with Crippen molar-refractivity contribution in [1.29, 1.82) is 0 Å². The smallest absolute Gasteiger partial charge is 0.255 e. The average molecular weight is 302 g/mol. The van der Waals surface area contributed by atoms with Crippen molar-refractivity contribution < 1.29 is 4.79 Å². The number of amides is 1. The van der Waals surface area contributed by atoms with Crippen molar-refractivity contribution in [3.05, 3.63) is 64.2 Å². The van der Waals surface area contributed by atoms with E-state index in [0.29, 0.717) is 16.5 Å². The fraction of sp³-hybridized carbons (Fsp3) is 0.278. The largest absolute Gasteiger partial charge is 0.321 e. The number of aryl methyl sites for hydroxylation is 1. The summed E-state index contributed by atoms with van der Waals surface area (Å²) in [5.74, 6) is 0.228. The van der Waals surface area contributed by atoms with E-state index in [2.05, 4.69) is 38.2 Å². The lowest BCUT2D eigenvalue weighted by molar-refractivity contribution is 0.102. The van der Waals surface area contributed by atoms with Crippen LogP contribution in [0, 0.1) is 0 Å². The van der Waals surface area contributed by atoms with E-state index in [-0.39, 0.29) is 5.91 Å². The van der Waals surface area contributed by atoms with E-state index in [4.69, 9.17) is 11.6 Å². The third-order valence-corrected chi connectivity index (χ3v) is 3.75. The zero-order valence-corrected chi connectivity index (χ0v) is 13.4. The number of nitrogens with one attached hydrogen (secondary N) is 1. The molecule has 2 aromatic carbocycles. The van der Waals surface area contributed by atoms with Crippen LogP contribution < -0.4 is 5.32 Å². The summed E-state index contributed by atoms with van der Waals surface area (Å²) in [7, 11) is 0. The Morgan fingerprint density at radius 2 is 1.90 bits per heavy atom. The van der Waals surface area contributed by atoms with Crippen molar-refractivity contribution >= 4 is 23.2 Å². The molecule has 0 aliphatic rings. The van der Waals surface area contributed by atoms with Crippen LogP contribution in [-0.2, 0) is 6.42 Å². The highest BCUT2D eigenvalue weighted by molar-refractivity contribution is 6.31. The van der Waals surface area contributed by atoms with E-state index in [0.717, 1.165) is 23.2 Å². The van der Waals surface area contributed by atoms with Crippen LogP contribution in [0.15, 0.2) is 42.5 Å². The van der Waals surface area contributed by atoms with Crippen molar-refractivity contribution in [3.63, 3.8) is 0 Å². The molecule has 0 atom stereocenters. The quantitative estimate of drug-likeness (QED) is 0.818. The monoisotopic (exact) mass is 301 g/mol. The van der Waals surface area contributed by atoms with Gasteiger partial charge in [-0.3, -0.25) is 4.79 Å². The number of carbonyl (C=O) groups excluding carboxylic acids is 1. The molecule has 0 aliphatic heterocycles. The number of para-hydroxylation sites is 1. The molecule has 21 heavy (non-hydrogen) atoms. The van der Waals surface area contributed by atoms with Crippen molar-refractivity contribution in [1.82, 2.24) is 0 Å². The summed E-state index contributed by atoms with van der Waals surface area (Å²) in [6.07, 6.45) is 0.881. The number of carbonyl (C=O) groups is 1. The first-order valence-corrected chi connectivity index (χ1v) is 7.59. The molecule has 1 N–H and O–H groups in total. The highest BCUT2D eigenvalue weighted by Crippen LogP contribution is 2.29. The van der Waals surface area contributed by atoms with Crippen LogP contribution in [-0.4, -0.2) is 5.91 Å². The molecule has 3 heteroatoms.